The molecule has 0 saturated carbocycles. The minimum Gasteiger partial charge on any atom is -0.500 e. The van der Waals surface area contributed by atoms with Gasteiger partial charge in [0.1, 0.15) is 11.7 Å². The molecule has 0 aliphatic heterocycles. The van der Waals surface area contributed by atoms with Crippen molar-refractivity contribution in [3.63, 3.8) is 0 Å². The highest BCUT2D eigenvalue weighted by Crippen LogP contribution is 2.39. The lowest BCUT2D eigenvalue weighted by Gasteiger charge is -2.34. The van der Waals surface area contributed by atoms with Crippen molar-refractivity contribution in [2.75, 3.05) is 7.11 Å². The number of methoxy groups -OCH3 is 1. The molecule has 1 aliphatic rings. The van der Waals surface area contributed by atoms with Gasteiger partial charge in [-0.15, -0.1) is 0 Å². The number of ether oxygens (including phenoxy) is 1. The Morgan fingerprint density at radius 3 is 2.33 bits per heavy atom. The number of ketones is 3. The zero-order valence-electron chi connectivity index (χ0n) is 14.1. The number of halogens is 1. The van der Waals surface area contributed by atoms with E-state index in [-0.39, 0.29) is 0 Å². The first-order valence-corrected chi connectivity index (χ1v) is 8.30. The molecular weight excluding hydrogens is 372 g/mol. The van der Waals surface area contributed by atoms with Gasteiger partial charge in [0, 0.05) is 10.0 Å². The van der Waals surface area contributed by atoms with E-state index in [0.717, 1.165) is 10.0 Å². The molecule has 0 bridgehead atoms. The van der Waals surface area contributed by atoms with Crippen molar-refractivity contribution >= 4 is 39.4 Å². The fraction of sp³-hybridized carbons (Fsp3) is 0.316. The molecule has 0 saturated heterocycles. The maximum atomic E-state index is 12.7. The van der Waals surface area contributed by atoms with Gasteiger partial charge >= 0.3 is 0 Å². The monoisotopic (exact) mass is 390 g/mol. The number of hydrogen-bond acceptors (Lipinski definition) is 4. The molecule has 1 aromatic carbocycles. The van der Waals surface area contributed by atoms with Crippen molar-refractivity contribution in [2.24, 2.45) is 11.3 Å². The standard InChI is InChI=1S/C19H19BrO4/c1-11-16(22)15(17(23)19(2,3)18(11)24-4)14(21)10-7-12-5-8-13(20)9-6-12/h5-10,15H,1-4H3. The molecular formula is C19H19BrO4. The van der Waals surface area contributed by atoms with E-state index in [9.17, 15) is 14.4 Å². The van der Waals surface area contributed by atoms with Crippen LogP contribution in [0.1, 0.15) is 26.3 Å². The van der Waals surface area contributed by atoms with Crippen molar-refractivity contribution < 1.29 is 19.1 Å². The summed E-state index contributed by atoms with van der Waals surface area (Å²) in [6.45, 7) is 4.93. The quantitative estimate of drug-likeness (QED) is 0.580. The Hall–Kier alpha value is -2.01. The summed E-state index contributed by atoms with van der Waals surface area (Å²) in [6, 6.07) is 7.36. The molecule has 0 N–H and O–H groups in total. The molecule has 0 heterocycles. The number of benzene rings is 1. The van der Waals surface area contributed by atoms with Crippen LogP contribution in [0.25, 0.3) is 6.08 Å². The van der Waals surface area contributed by atoms with Gasteiger partial charge in [0.2, 0.25) is 0 Å². The fourth-order valence-electron chi connectivity index (χ4n) is 2.90. The van der Waals surface area contributed by atoms with Gasteiger partial charge in [0.05, 0.1) is 12.5 Å². The van der Waals surface area contributed by atoms with Crippen LogP contribution >= 0.6 is 15.9 Å². The molecule has 0 spiro atoms. The molecule has 5 heteroatoms. The molecule has 1 aliphatic carbocycles. The van der Waals surface area contributed by atoms with Crippen LogP contribution in [0.3, 0.4) is 0 Å². The topological polar surface area (TPSA) is 60.4 Å². The molecule has 0 amide bonds. The molecule has 4 nitrogen and oxygen atoms in total. The van der Waals surface area contributed by atoms with E-state index < -0.39 is 28.7 Å². The van der Waals surface area contributed by atoms with Gasteiger partial charge in [-0.25, -0.2) is 0 Å². The normalized spacial score (nSPS) is 20.6. The zero-order valence-corrected chi connectivity index (χ0v) is 15.6. The minimum absolute atomic E-state index is 0.331. The summed E-state index contributed by atoms with van der Waals surface area (Å²) in [4.78, 5) is 37.6. The van der Waals surface area contributed by atoms with Crippen LogP contribution < -0.4 is 0 Å². The average molecular weight is 391 g/mol. The number of carbonyl (C=O) groups is 3. The third-order valence-electron chi connectivity index (χ3n) is 4.22. The van der Waals surface area contributed by atoms with Crippen molar-refractivity contribution in [1.82, 2.24) is 0 Å². The van der Waals surface area contributed by atoms with Gasteiger partial charge in [-0.1, -0.05) is 34.1 Å². The van der Waals surface area contributed by atoms with Gasteiger partial charge < -0.3 is 4.74 Å². The van der Waals surface area contributed by atoms with E-state index in [1.165, 1.54) is 13.2 Å². The lowest BCUT2D eigenvalue weighted by atomic mass is 9.69. The highest BCUT2D eigenvalue weighted by molar-refractivity contribution is 9.10. The summed E-state index contributed by atoms with van der Waals surface area (Å²) in [5.41, 5.74) is 0.141. The minimum atomic E-state index is -1.30. The Balaban J connectivity index is 2.32. The molecule has 24 heavy (non-hydrogen) atoms. The Labute approximate surface area is 149 Å². The molecule has 0 fully saturated rings. The maximum absolute atomic E-state index is 12.7. The molecule has 2 rings (SSSR count). The number of carbonyl (C=O) groups excluding carboxylic acids is 3. The first kappa shape index (κ1) is 18.3. The Morgan fingerprint density at radius 1 is 1.21 bits per heavy atom. The Bertz CT molecular complexity index is 754. The third kappa shape index (κ3) is 3.26. The van der Waals surface area contributed by atoms with Crippen LogP contribution in [0.4, 0.5) is 0 Å². The molecule has 0 radical (unpaired) electrons. The summed E-state index contributed by atoms with van der Waals surface area (Å²) < 4.78 is 6.16. The first-order valence-electron chi connectivity index (χ1n) is 7.51. The second-order valence-electron chi connectivity index (χ2n) is 6.23. The predicted octanol–water partition coefficient (Wildman–Crippen LogP) is 3.75. The largest absolute Gasteiger partial charge is 0.500 e. The summed E-state index contributed by atoms with van der Waals surface area (Å²) in [5.74, 6) is -2.39. The van der Waals surface area contributed by atoms with Crippen LogP contribution in [0.15, 0.2) is 46.1 Å². The number of allylic oxidation sites excluding steroid dienone is 3. The average Bonchev–Trinajstić information content (AvgIpc) is 2.53. The zero-order chi connectivity index (χ0) is 18.1. The molecule has 1 aromatic rings. The van der Waals surface area contributed by atoms with Crippen LogP contribution in [0.5, 0.6) is 0 Å². The van der Waals surface area contributed by atoms with E-state index in [0.29, 0.717) is 11.3 Å². The van der Waals surface area contributed by atoms with Crippen molar-refractivity contribution in [3.05, 3.63) is 51.7 Å². The second-order valence-corrected chi connectivity index (χ2v) is 7.15. The summed E-state index contributed by atoms with van der Waals surface area (Å²) in [7, 11) is 1.43. The summed E-state index contributed by atoms with van der Waals surface area (Å²) in [5, 5.41) is 0. The van der Waals surface area contributed by atoms with Crippen molar-refractivity contribution in [2.45, 2.75) is 20.8 Å². The highest BCUT2D eigenvalue weighted by Gasteiger charge is 2.49. The van der Waals surface area contributed by atoms with Crippen LogP contribution in [0.2, 0.25) is 0 Å². The summed E-state index contributed by atoms with van der Waals surface area (Å²) in [6.07, 6.45) is 2.90. The lowest BCUT2D eigenvalue weighted by Crippen LogP contribution is -2.46. The Kier molecular flexibility index (Phi) is 5.23. The molecule has 126 valence electrons. The number of rotatable bonds is 4. The third-order valence-corrected chi connectivity index (χ3v) is 4.75. The molecule has 1 unspecified atom stereocenters. The smallest absolute Gasteiger partial charge is 0.180 e. The van der Waals surface area contributed by atoms with E-state index >= 15 is 0 Å². The molecule has 0 aromatic heterocycles. The van der Waals surface area contributed by atoms with Crippen molar-refractivity contribution in [3.8, 4) is 0 Å². The van der Waals surface area contributed by atoms with Gasteiger partial charge in [0.15, 0.2) is 17.3 Å². The van der Waals surface area contributed by atoms with E-state index in [1.54, 1.807) is 26.8 Å². The summed E-state index contributed by atoms with van der Waals surface area (Å²) >= 11 is 3.34. The fourth-order valence-corrected chi connectivity index (χ4v) is 3.17. The lowest BCUT2D eigenvalue weighted by molar-refractivity contribution is -0.143. The highest BCUT2D eigenvalue weighted by atomic mass is 79.9. The predicted molar refractivity (Wildman–Crippen MR) is 95.2 cm³/mol. The van der Waals surface area contributed by atoms with Crippen LogP contribution in [-0.4, -0.2) is 24.5 Å². The number of Topliss-reactive ketones (excluding diaryl/α,β-unsaturated/α-hetero) is 2. The van der Waals surface area contributed by atoms with Gasteiger partial charge in [-0.3, -0.25) is 14.4 Å². The van der Waals surface area contributed by atoms with Crippen molar-refractivity contribution in [1.29, 1.82) is 0 Å². The van der Waals surface area contributed by atoms with E-state index in [1.807, 2.05) is 24.3 Å². The number of hydrogen-bond donors (Lipinski definition) is 0. The molecule has 1 atom stereocenters. The second kappa shape index (κ2) is 6.85. The van der Waals surface area contributed by atoms with Crippen LogP contribution in [0, 0.1) is 11.3 Å². The SMILES string of the molecule is COC1=C(C)C(=O)C(C(=O)C=Cc2ccc(Br)cc2)C(=O)C1(C)C. The Morgan fingerprint density at radius 2 is 1.79 bits per heavy atom. The van der Waals surface area contributed by atoms with Gasteiger partial charge in [-0.2, -0.15) is 0 Å². The van der Waals surface area contributed by atoms with Gasteiger partial charge in [-0.05, 0) is 44.5 Å². The van der Waals surface area contributed by atoms with E-state index in [2.05, 4.69) is 15.9 Å². The maximum Gasteiger partial charge on any atom is 0.180 e. The first-order chi connectivity index (χ1) is 11.2. The van der Waals surface area contributed by atoms with Gasteiger partial charge in [0.25, 0.3) is 0 Å². The van der Waals surface area contributed by atoms with E-state index in [4.69, 9.17) is 4.74 Å². The van der Waals surface area contributed by atoms with Crippen LogP contribution in [-0.2, 0) is 19.1 Å².